The highest BCUT2D eigenvalue weighted by atomic mass is 35.5. The van der Waals surface area contributed by atoms with Crippen molar-refractivity contribution in [2.24, 2.45) is 0 Å². The van der Waals surface area contributed by atoms with Crippen molar-refractivity contribution in [3.8, 4) is 0 Å². The number of aromatic nitrogens is 4. The molecular weight excluding hydrogens is 504 g/mol. The molecule has 10 nitrogen and oxygen atoms in total. The quantitative estimate of drug-likeness (QED) is 0.368. The number of nitrogens with one attached hydrogen (secondary N) is 2. The van der Waals surface area contributed by atoms with Gasteiger partial charge in [-0.1, -0.05) is 29.9 Å². The van der Waals surface area contributed by atoms with Crippen molar-refractivity contribution in [2.45, 2.75) is 18.2 Å². The molecule has 0 unspecified atom stereocenters. The molecule has 0 bridgehead atoms. The molecule has 4 rings (SSSR count). The fourth-order valence-corrected chi connectivity index (χ4v) is 5.52. The highest BCUT2D eigenvalue weighted by Gasteiger charge is 2.21. The highest BCUT2D eigenvalue weighted by Crippen LogP contribution is 2.22. The monoisotopic (exact) mass is 524 g/mol. The van der Waals surface area contributed by atoms with Crippen LogP contribution in [0.4, 0.5) is 16.6 Å². The smallest absolute Gasteiger partial charge is 0.263 e. The van der Waals surface area contributed by atoms with Crippen LogP contribution >= 0.6 is 35.2 Å². The zero-order valence-electron chi connectivity index (χ0n) is 17.6. The fraction of sp³-hybridized carbons (Fsp3) is 0.316. The first kappa shape index (κ1) is 23.5. The number of piperazine rings is 1. The Morgan fingerprint density at radius 3 is 2.52 bits per heavy atom. The zero-order valence-corrected chi connectivity index (χ0v) is 20.8. The van der Waals surface area contributed by atoms with Crippen molar-refractivity contribution in [3.63, 3.8) is 0 Å². The molecular formula is C19H21ClN8O2S3. The van der Waals surface area contributed by atoms with Crippen LogP contribution in [0.2, 0.25) is 5.15 Å². The number of aryl methyl sites for hydroxylation is 1. The minimum Gasteiger partial charge on any atom is -0.353 e. The summed E-state index contributed by atoms with van der Waals surface area (Å²) in [4.78, 5) is 12.5. The van der Waals surface area contributed by atoms with Gasteiger partial charge in [-0.05, 0) is 42.9 Å². The second-order valence-corrected chi connectivity index (χ2v) is 10.6. The van der Waals surface area contributed by atoms with Gasteiger partial charge in [-0.25, -0.2) is 18.4 Å². The van der Waals surface area contributed by atoms with Crippen LogP contribution in [0.1, 0.15) is 11.9 Å². The van der Waals surface area contributed by atoms with E-state index in [1.54, 1.807) is 18.2 Å². The van der Waals surface area contributed by atoms with E-state index in [4.69, 9.17) is 23.8 Å². The number of nitrogens with zero attached hydrogens (tertiary/aromatic N) is 6. The lowest BCUT2D eigenvalue weighted by atomic mass is 10.3. The van der Waals surface area contributed by atoms with Gasteiger partial charge in [-0.3, -0.25) is 4.72 Å². The van der Waals surface area contributed by atoms with Crippen molar-refractivity contribution in [2.75, 3.05) is 41.1 Å². The molecule has 1 saturated heterocycles. The summed E-state index contributed by atoms with van der Waals surface area (Å²) in [6.45, 7) is 4.84. The van der Waals surface area contributed by atoms with Crippen molar-refractivity contribution in [1.82, 2.24) is 25.1 Å². The summed E-state index contributed by atoms with van der Waals surface area (Å²) in [6, 6.07) is 8.14. The van der Waals surface area contributed by atoms with E-state index >= 15 is 0 Å². The molecule has 1 fully saturated rings. The lowest BCUT2D eigenvalue weighted by Gasteiger charge is -2.36. The first-order chi connectivity index (χ1) is 15.8. The molecule has 1 aliphatic heterocycles. The van der Waals surface area contributed by atoms with E-state index in [1.165, 1.54) is 29.8 Å². The number of benzene rings is 1. The average Bonchev–Trinajstić information content (AvgIpc) is 3.26. The van der Waals surface area contributed by atoms with Crippen LogP contribution in [0, 0.1) is 0 Å². The molecule has 0 aliphatic carbocycles. The molecule has 0 atom stereocenters. The molecule has 174 valence electrons. The summed E-state index contributed by atoms with van der Waals surface area (Å²) in [5.41, 5.74) is 0.702. The third-order valence-electron chi connectivity index (χ3n) is 4.92. The van der Waals surface area contributed by atoms with Crippen LogP contribution in [0.5, 0.6) is 0 Å². The van der Waals surface area contributed by atoms with Crippen molar-refractivity contribution in [3.05, 3.63) is 46.8 Å². The van der Waals surface area contributed by atoms with Gasteiger partial charge in [0.1, 0.15) is 22.3 Å². The molecule has 0 saturated carbocycles. The van der Waals surface area contributed by atoms with Gasteiger partial charge in [-0.15, -0.1) is 10.2 Å². The molecule has 3 aromatic rings. The molecule has 14 heteroatoms. The van der Waals surface area contributed by atoms with Crippen molar-refractivity contribution < 1.29 is 8.42 Å². The Labute approximate surface area is 206 Å². The topological polar surface area (TPSA) is 116 Å². The third-order valence-corrected chi connectivity index (χ3v) is 7.95. The summed E-state index contributed by atoms with van der Waals surface area (Å²) < 4.78 is 27.7. The standard InChI is InChI=1S/C19H21ClN8O2S3/c1-2-17-24-25-18(32-17)26-33(29,30)14-5-3-13(4-6-14)23-19(31)28-9-7-27(8-10-28)16-11-15(20)21-12-22-16/h3-6,11-12H,2,7-10H2,1H3,(H,23,31)(H,25,26). The van der Waals surface area contributed by atoms with Crippen LogP contribution in [0.3, 0.4) is 0 Å². The number of hydrogen-bond acceptors (Lipinski definition) is 9. The Morgan fingerprint density at radius 1 is 1.15 bits per heavy atom. The van der Waals surface area contributed by atoms with E-state index < -0.39 is 10.0 Å². The molecule has 1 aliphatic rings. The number of sulfonamides is 1. The Kier molecular flexibility index (Phi) is 7.22. The second kappa shape index (κ2) is 10.1. The van der Waals surface area contributed by atoms with Crippen molar-refractivity contribution in [1.29, 1.82) is 0 Å². The Hall–Kier alpha value is -2.61. The number of halogens is 1. The summed E-state index contributed by atoms with van der Waals surface area (Å²) >= 11 is 12.7. The fourth-order valence-electron chi connectivity index (χ4n) is 3.17. The first-order valence-electron chi connectivity index (χ1n) is 10.1. The predicted octanol–water partition coefficient (Wildman–Crippen LogP) is 2.86. The molecule has 3 heterocycles. The number of rotatable bonds is 6. The van der Waals surface area contributed by atoms with Crippen LogP contribution in [-0.2, 0) is 16.4 Å². The predicted molar refractivity (Wildman–Crippen MR) is 134 cm³/mol. The maximum absolute atomic E-state index is 12.6. The van der Waals surface area contributed by atoms with Gasteiger partial charge < -0.3 is 15.1 Å². The molecule has 2 aromatic heterocycles. The molecule has 0 spiro atoms. The van der Waals surface area contributed by atoms with E-state index in [-0.39, 0.29) is 10.0 Å². The molecule has 33 heavy (non-hydrogen) atoms. The molecule has 2 N–H and O–H groups in total. The Balaban J connectivity index is 1.32. The Bertz CT molecular complexity index is 1230. The highest BCUT2D eigenvalue weighted by molar-refractivity contribution is 7.93. The lowest BCUT2D eigenvalue weighted by molar-refractivity contribution is 0.389. The number of thiocarbonyl (C=S) groups is 1. The summed E-state index contributed by atoms with van der Waals surface area (Å²) in [7, 11) is -3.75. The normalized spacial score (nSPS) is 14.2. The van der Waals surface area contributed by atoms with Gasteiger partial charge in [0.05, 0.1) is 4.90 Å². The summed E-state index contributed by atoms with van der Waals surface area (Å²) in [6.07, 6.45) is 2.15. The maximum Gasteiger partial charge on any atom is 0.263 e. The van der Waals surface area contributed by atoms with Gasteiger partial charge >= 0.3 is 0 Å². The van der Waals surface area contributed by atoms with E-state index in [0.717, 1.165) is 23.9 Å². The number of anilines is 3. The largest absolute Gasteiger partial charge is 0.353 e. The summed E-state index contributed by atoms with van der Waals surface area (Å²) in [5, 5.41) is 13.0. The van der Waals surface area contributed by atoms with Crippen LogP contribution in [-0.4, -0.2) is 64.8 Å². The maximum atomic E-state index is 12.6. The van der Waals surface area contributed by atoms with E-state index in [2.05, 4.69) is 40.0 Å². The first-order valence-corrected chi connectivity index (χ1v) is 13.2. The third kappa shape index (κ3) is 5.85. The minimum atomic E-state index is -3.75. The van der Waals surface area contributed by atoms with Gasteiger partial charge in [0.2, 0.25) is 5.13 Å². The Morgan fingerprint density at radius 2 is 1.88 bits per heavy atom. The van der Waals surface area contributed by atoms with Gasteiger partial charge in [0.15, 0.2) is 5.11 Å². The van der Waals surface area contributed by atoms with Crippen LogP contribution in [0.25, 0.3) is 0 Å². The van der Waals surface area contributed by atoms with E-state index in [9.17, 15) is 8.42 Å². The summed E-state index contributed by atoms with van der Waals surface area (Å²) in [5.74, 6) is 0.790. The van der Waals surface area contributed by atoms with E-state index in [0.29, 0.717) is 35.5 Å². The number of hydrogen-bond donors (Lipinski definition) is 2. The van der Waals surface area contributed by atoms with Crippen molar-refractivity contribution >= 4 is 66.9 Å². The lowest BCUT2D eigenvalue weighted by Crippen LogP contribution is -2.50. The van der Waals surface area contributed by atoms with Gasteiger partial charge in [-0.2, -0.15) is 0 Å². The minimum absolute atomic E-state index is 0.129. The SMILES string of the molecule is CCc1nnc(NS(=O)(=O)c2ccc(NC(=S)N3CCN(c4cc(Cl)ncn4)CC3)cc2)s1. The molecule has 0 radical (unpaired) electrons. The second-order valence-electron chi connectivity index (χ2n) is 7.09. The average molecular weight is 525 g/mol. The zero-order chi connectivity index (χ0) is 23.4. The van der Waals surface area contributed by atoms with Gasteiger partial charge in [0.25, 0.3) is 10.0 Å². The van der Waals surface area contributed by atoms with Gasteiger partial charge in [0, 0.05) is 37.9 Å². The molecule has 1 aromatic carbocycles. The van der Waals surface area contributed by atoms with Crippen LogP contribution < -0.4 is 14.9 Å². The molecule has 0 amide bonds. The van der Waals surface area contributed by atoms with Crippen LogP contribution in [0.15, 0.2) is 41.6 Å². The van der Waals surface area contributed by atoms with E-state index in [1.807, 2.05) is 6.92 Å².